The van der Waals surface area contributed by atoms with Crippen LogP contribution in [0.2, 0.25) is 0 Å². The van der Waals surface area contributed by atoms with Crippen LogP contribution in [-0.2, 0) is 0 Å². The van der Waals surface area contributed by atoms with Gasteiger partial charge in [-0.05, 0) is 11.1 Å². The van der Waals surface area contributed by atoms with E-state index in [2.05, 4.69) is 23.3 Å². The Morgan fingerprint density at radius 3 is 2.75 bits per heavy atom. The second-order valence-electron chi connectivity index (χ2n) is 3.29. The molecular formula is C12H9BN2O. The van der Waals surface area contributed by atoms with Gasteiger partial charge in [-0.3, -0.25) is 4.98 Å². The van der Waals surface area contributed by atoms with Gasteiger partial charge in [-0.25, -0.2) is 0 Å². The molecule has 0 spiro atoms. The summed E-state index contributed by atoms with van der Waals surface area (Å²) in [5, 5.41) is 3.66. The fourth-order valence-corrected chi connectivity index (χ4v) is 1.51. The monoisotopic (exact) mass is 208 g/mol. The summed E-state index contributed by atoms with van der Waals surface area (Å²) in [5.41, 5.74) is 3.82. The molecule has 76 valence electrons. The third kappa shape index (κ3) is 1.69. The first-order valence-electron chi connectivity index (χ1n) is 4.69. The molecule has 2 aromatic heterocycles. The van der Waals surface area contributed by atoms with Gasteiger partial charge in [0.05, 0.1) is 6.20 Å². The summed E-state index contributed by atoms with van der Waals surface area (Å²) in [6, 6.07) is 0. The molecule has 0 saturated carbocycles. The van der Waals surface area contributed by atoms with Gasteiger partial charge >= 0.3 is 0 Å². The highest BCUT2D eigenvalue weighted by atomic mass is 16.5. The first-order valence-corrected chi connectivity index (χ1v) is 4.69. The highest BCUT2D eigenvalue weighted by molar-refractivity contribution is 6.42. The van der Waals surface area contributed by atoms with E-state index < -0.39 is 0 Å². The van der Waals surface area contributed by atoms with Crippen molar-refractivity contribution in [1.29, 1.82) is 0 Å². The summed E-state index contributed by atoms with van der Waals surface area (Å²) < 4.78 is 4.80. The molecule has 0 unspecified atom stereocenters. The summed E-state index contributed by atoms with van der Waals surface area (Å²) in [7, 11) is 5.69. The fraction of sp³-hybridized carbons (Fsp3) is 0. The minimum Gasteiger partial charge on any atom is -0.364 e. The normalized spacial score (nSPS) is 10.0. The minimum atomic E-state index is 0.459. The molecule has 16 heavy (non-hydrogen) atoms. The zero-order valence-electron chi connectivity index (χ0n) is 8.68. The van der Waals surface area contributed by atoms with Crippen molar-refractivity contribution in [2.75, 3.05) is 0 Å². The molecule has 0 aromatic carbocycles. The molecular weight excluding hydrogens is 199 g/mol. The summed E-state index contributed by atoms with van der Waals surface area (Å²) >= 11 is 0. The highest BCUT2D eigenvalue weighted by Gasteiger charge is 2.09. The van der Waals surface area contributed by atoms with E-state index in [1.54, 1.807) is 30.9 Å². The van der Waals surface area contributed by atoms with Crippen molar-refractivity contribution < 1.29 is 4.52 Å². The van der Waals surface area contributed by atoms with E-state index in [1.807, 2.05) is 0 Å². The summed E-state index contributed by atoms with van der Waals surface area (Å²) in [5.74, 6) is 0. The van der Waals surface area contributed by atoms with Gasteiger partial charge in [0.1, 0.15) is 14.1 Å². The van der Waals surface area contributed by atoms with E-state index in [1.165, 1.54) is 0 Å². The van der Waals surface area contributed by atoms with Crippen LogP contribution in [0.4, 0.5) is 0 Å². The van der Waals surface area contributed by atoms with Crippen LogP contribution in [0.1, 0.15) is 11.1 Å². The number of rotatable bonds is 3. The van der Waals surface area contributed by atoms with Gasteiger partial charge in [-0.1, -0.05) is 23.3 Å². The maximum atomic E-state index is 5.69. The second-order valence-corrected chi connectivity index (χ2v) is 3.29. The summed E-state index contributed by atoms with van der Waals surface area (Å²) in [6.45, 7) is 7.48. The quantitative estimate of drug-likeness (QED) is 0.727. The topological polar surface area (TPSA) is 38.9 Å². The summed E-state index contributed by atoms with van der Waals surface area (Å²) in [6.07, 6.45) is 8.27. The van der Waals surface area contributed by atoms with Gasteiger partial charge in [0.15, 0.2) is 0 Å². The van der Waals surface area contributed by atoms with Crippen LogP contribution >= 0.6 is 0 Å². The van der Waals surface area contributed by atoms with Crippen molar-refractivity contribution in [2.24, 2.45) is 0 Å². The largest absolute Gasteiger partial charge is 0.364 e. The Kier molecular flexibility index (Phi) is 2.73. The molecule has 0 bridgehead atoms. The molecule has 2 heterocycles. The first-order chi connectivity index (χ1) is 7.74. The molecule has 0 atom stereocenters. The van der Waals surface area contributed by atoms with Crippen LogP contribution in [-0.4, -0.2) is 18.0 Å². The van der Waals surface area contributed by atoms with Crippen LogP contribution < -0.4 is 0 Å². The molecule has 0 N–H and O–H groups in total. The van der Waals surface area contributed by atoms with E-state index in [9.17, 15) is 0 Å². The van der Waals surface area contributed by atoms with Gasteiger partial charge in [-0.15, -0.1) is 6.58 Å². The lowest BCUT2D eigenvalue weighted by Gasteiger charge is -2.09. The van der Waals surface area contributed by atoms with Crippen molar-refractivity contribution in [3.63, 3.8) is 0 Å². The zero-order chi connectivity index (χ0) is 11.5. The zero-order valence-corrected chi connectivity index (χ0v) is 8.68. The predicted octanol–water partition coefficient (Wildman–Crippen LogP) is 2.52. The molecule has 2 rings (SSSR count). The number of nitrogens with zero attached hydrogens (tertiary/aromatic N) is 2. The highest BCUT2D eigenvalue weighted by Crippen LogP contribution is 2.28. The first kappa shape index (κ1) is 10.4. The van der Waals surface area contributed by atoms with Gasteiger partial charge in [0.2, 0.25) is 0 Å². The molecule has 3 nitrogen and oxygen atoms in total. The van der Waals surface area contributed by atoms with Crippen molar-refractivity contribution in [2.45, 2.75) is 0 Å². The molecule has 2 radical (unpaired) electrons. The van der Waals surface area contributed by atoms with Crippen molar-refractivity contribution >= 4 is 19.4 Å². The Bertz CT molecular complexity index is 532. The van der Waals surface area contributed by atoms with E-state index >= 15 is 0 Å². The molecule has 0 amide bonds. The van der Waals surface area contributed by atoms with Gasteiger partial charge in [0, 0.05) is 23.5 Å². The van der Waals surface area contributed by atoms with Gasteiger partial charge in [-0.2, -0.15) is 0 Å². The Morgan fingerprint density at radius 2 is 2.19 bits per heavy atom. The maximum Gasteiger partial charge on any atom is 0.131 e. The Hall–Kier alpha value is -2.10. The van der Waals surface area contributed by atoms with Crippen molar-refractivity contribution in [3.05, 3.63) is 49.1 Å². The Balaban J connectivity index is 2.67. The standard InChI is InChI=1S/C12H9BN2O/c1-3-10-11(8(2)13)5-14-6-12(10)9-4-15-16-7-9/h3-7H,1-2H2. The molecule has 2 aromatic rings. The third-order valence-electron chi connectivity index (χ3n) is 2.28. The van der Waals surface area contributed by atoms with Gasteiger partial charge < -0.3 is 4.52 Å². The second kappa shape index (κ2) is 4.19. The molecule has 0 aliphatic rings. The lowest BCUT2D eigenvalue weighted by atomic mass is 9.86. The predicted molar refractivity (Wildman–Crippen MR) is 64.6 cm³/mol. The average molecular weight is 208 g/mol. The Labute approximate surface area is 94.9 Å². The van der Waals surface area contributed by atoms with E-state index in [0.29, 0.717) is 5.47 Å². The lowest BCUT2D eigenvalue weighted by Crippen LogP contribution is -1.92. The third-order valence-corrected chi connectivity index (χ3v) is 2.28. The molecule has 0 fully saturated rings. The number of hydrogen-bond donors (Lipinski definition) is 0. The number of pyridine rings is 1. The van der Waals surface area contributed by atoms with Crippen LogP contribution in [0.25, 0.3) is 22.7 Å². The smallest absolute Gasteiger partial charge is 0.131 e. The molecule has 0 saturated heterocycles. The van der Waals surface area contributed by atoms with E-state index in [4.69, 9.17) is 12.4 Å². The van der Waals surface area contributed by atoms with Crippen LogP contribution in [0.5, 0.6) is 0 Å². The number of aromatic nitrogens is 2. The van der Waals surface area contributed by atoms with Crippen molar-refractivity contribution in [1.82, 2.24) is 10.1 Å². The van der Waals surface area contributed by atoms with Crippen LogP contribution in [0.3, 0.4) is 0 Å². The van der Waals surface area contributed by atoms with E-state index in [-0.39, 0.29) is 0 Å². The van der Waals surface area contributed by atoms with Crippen LogP contribution in [0, 0.1) is 0 Å². The van der Waals surface area contributed by atoms with Crippen LogP contribution in [0.15, 0.2) is 42.5 Å². The van der Waals surface area contributed by atoms with Gasteiger partial charge in [0.25, 0.3) is 0 Å². The maximum absolute atomic E-state index is 5.69. The fourth-order valence-electron chi connectivity index (χ4n) is 1.51. The lowest BCUT2D eigenvalue weighted by molar-refractivity contribution is 0.420. The summed E-state index contributed by atoms with van der Waals surface area (Å²) in [4.78, 5) is 4.11. The minimum absolute atomic E-state index is 0.459. The van der Waals surface area contributed by atoms with E-state index in [0.717, 1.165) is 22.3 Å². The molecule has 4 heteroatoms. The number of hydrogen-bond acceptors (Lipinski definition) is 3. The SMILES string of the molecule is [B]C(=C)c1cncc(-c2cnoc2)c1C=C. The molecule has 0 aliphatic heterocycles. The van der Waals surface area contributed by atoms with Crippen molar-refractivity contribution in [3.8, 4) is 11.1 Å². The average Bonchev–Trinajstić information content (AvgIpc) is 2.81. The Morgan fingerprint density at radius 1 is 1.38 bits per heavy atom. The molecule has 0 aliphatic carbocycles.